The number of allylic oxidation sites excluding steroid dienone is 1. The van der Waals surface area contributed by atoms with E-state index in [0.29, 0.717) is 6.42 Å². The SMILES string of the molecule is CC/C=C(/F)C(C)(C)OCOC(C)(C)C. The van der Waals surface area contributed by atoms with Crippen LogP contribution >= 0.6 is 0 Å². The van der Waals surface area contributed by atoms with Gasteiger partial charge in [-0.05, 0) is 41.0 Å². The quantitative estimate of drug-likeness (QED) is 0.653. The summed E-state index contributed by atoms with van der Waals surface area (Å²) in [6.45, 7) is 11.2. The highest BCUT2D eigenvalue weighted by atomic mass is 19.1. The molecule has 0 bridgehead atoms. The molecular formula is C12H23FO2. The maximum Gasteiger partial charge on any atom is 0.148 e. The number of hydrogen-bond acceptors (Lipinski definition) is 2. The highest BCUT2D eigenvalue weighted by molar-refractivity contribution is 5.05. The van der Waals surface area contributed by atoms with Gasteiger partial charge in [-0.15, -0.1) is 0 Å². The van der Waals surface area contributed by atoms with Gasteiger partial charge in [0, 0.05) is 0 Å². The zero-order valence-electron chi connectivity index (χ0n) is 10.7. The topological polar surface area (TPSA) is 18.5 Å². The monoisotopic (exact) mass is 218 g/mol. The van der Waals surface area contributed by atoms with Gasteiger partial charge in [-0.25, -0.2) is 4.39 Å². The predicted molar refractivity (Wildman–Crippen MR) is 60.4 cm³/mol. The largest absolute Gasteiger partial charge is 0.350 e. The molecule has 0 aliphatic rings. The Kier molecular flexibility index (Phi) is 5.46. The molecule has 0 aliphatic heterocycles. The van der Waals surface area contributed by atoms with Crippen LogP contribution in [0, 0.1) is 0 Å². The van der Waals surface area contributed by atoms with Gasteiger partial charge in [-0.2, -0.15) is 0 Å². The second kappa shape index (κ2) is 5.61. The van der Waals surface area contributed by atoms with Gasteiger partial charge in [0.25, 0.3) is 0 Å². The van der Waals surface area contributed by atoms with Crippen LogP contribution in [0.5, 0.6) is 0 Å². The van der Waals surface area contributed by atoms with E-state index in [9.17, 15) is 4.39 Å². The molecule has 0 aromatic rings. The zero-order valence-corrected chi connectivity index (χ0v) is 10.7. The Balaban J connectivity index is 4.10. The molecule has 0 saturated carbocycles. The zero-order chi connectivity index (χ0) is 12.1. The molecule has 90 valence electrons. The molecule has 0 N–H and O–H groups in total. The summed E-state index contributed by atoms with van der Waals surface area (Å²) in [5.41, 5.74) is -1.16. The van der Waals surface area contributed by atoms with E-state index in [1.54, 1.807) is 13.8 Å². The van der Waals surface area contributed by atoms with Crippen molar-refractivity contribution in [3.05, 3.63) is 11.9 Å². The summed E-state index contributed by atoms with van der Waals surface area (Å²) in [7, 11) is 0. The van der Waals surface area contributed by atoms with Crippen molar-refractivity contribution in [3.8, 4) is 0 Å². The Hall–Kier alpha value is -0.410. The highest BCUT2D eigenvalue weighted by Gasteiger charge is 2.25. The first-order chi connectivity index (χ1) is 6.69. The predicted octanol–water partition coefficient (Wildman–Crippen LogP) is 3.82. The third-order valence-corrected chi connectivity index (χ3v) is 1.87. The van der Waals surface area contributed by atoms with Crippen LogP contribution in [0.1, 0.15) is 48.0 Å². The number of ether oxygens (including phenoxy) is 2. The van der Waals surface area contributed by atoms with Crippen molar-refractivity contribution in [2.45, 2.75) is 59.2 Å². The van der Waals surface area contributed by atoms with Gasteiger partial charge in [-0.1, -0.05) is 13.0 Å². The molecule has 0 aromatic heterocycles. The molecule has 0 heterocycles. The lowest BCUT2D eigenvalue weighted by Gasteiger charge is -2.26. The standard InChI is InChI=1S/C12H23FO2/c1-7-8-10(13)12(5,6)15-9-14-11(2,3)4/h8H,7,9H2,1-6H3/b10-8+. The van der Waals surface area contributed by atoms with Crippen LogP contribution in [-0.2, 0) is 9.47 Å². The van der Waals surface area contributed by atoms with Crippen molar-refractivity contribution in [2.24, 2.45) is 0 Å². The number of rotatable bonds is 5. The second-order valence-corrected chi connectivity index (χ2v) is 4.99. The molecule has 2 nitrogen and oxygen atoms in total. The summed E-state index contributed by atoms with van der Waals surface area (Å²) in [5.74, 6) is -0.248. The van der Waals surface area contributed by atoms with E-state index in [4.69, 9.17) is 9.47 Å². The van der Waals surface area contributed by atoms with Gasteiger partial charge in [0.2, 0.25) is 0 Å². The van der Waals surface area contributed by atoms with Crippen LogP contribution < -0.4 is 0 Å². The van der Waals surface area contributed by atoms with E-state index in [0.717, 1.165) is 0 Å². The lowest BCUT2D eigenvalue weighted by atomic mass is 10.1. The van der Waals surface area contributed by atoms with Crippen LogP contribution in [0.3, 0.4) is 0 Å². The maximum atomic E-state index is 13.5. The van der Waals surface area contributed by atoms with E-state index in [1.165, 1.54) is 6.08 Å². The fourth-order valence-electron chi connectivity index (χ4n) is 0.848. The normalized spacial score (nSPS) is 14.5. The van der Waals surface area contributed by atoms with Crippen LogP contribution in [0.4, 0.5) is 4.39 Å². The fourth-order valence-corrected chi connectivity index (χ4v) is 0.848. The molecule has 0 rings (SSSR count). The summed E-state index contributed by atoms with van der Waals surface area (Å²) in [6, 6.07) is 0. The van der Waals surface area contributed by atoms with Gasteiger partial charge < -0.3 is 9.47 Å². The van der Waals surface area contributed by atoms with E-state index >= 15 is 0 Å². The van der Waals surface area contributed by atoms with Crippen LogP contribution in [-0.4, -0.2) is 18.0 Å². The molecule has 0 radical (unpaired) electrons. The molecule has 15 heavy (non-hydrogen) atoms. The minimum atomic E-state index is -0.902. The van der Waals surface area contributed by atoms with Gasteiger partial charge in [-0.3, -0.25) is 0 Å². The Morgan fingerprint density at radius 3 is 2.07 bits per heavy atom. The summed E-state index contributed by atoms with van der Waals surface area (Å²) in [5, 5.41) is 0. The number of halogens is 1. The smallest absolute Gasteiger partial charge is 0.148 e. The minimum absolute atomic E-state index is 0.0987. The average Bonchev–Trinajstić information content (AvgIpc) is 2.01. The first-order valence-corrected chi connectivity index (χ1v) is 5.33. The molecule has 0 saturated heterocycles. The molecule has 0 fully saturated rings. The maximum absolute atomic E-state index is 13.5. The molecule has 3 heteroatoms. The fraction of sp³-hybridized carbons (Fsp3) is 0.833. The van der Waals surface area contributed by atoms with Crippen molar-refractivity contribution >= 4 is 0 Å². The summed E-state index contributed by atoms with van der Waals surface area (Å²) in [4.78, 5) is 0. The van der Waals surface area contributed by atoms with E-state index in [1.807, 2.05) is 27.7 Å². The molecule has 0 atom stereocenters. The van der Waals surface area contributed by atoms with Crippen molar-refractivity contribution in [2.75, 3.05) is 6.79 Å². The average molecular weight is 218 g/mol. The summed E-state index contributed by atoms with van der Waals surface area (Å²) in [6.07, 6.45) is 2.19. The third kappa shape index (κ3) is 6.63. The molecule has 0 unspecified atom stereocenters. The van der Waals surface area contributed by atoms with Crippen LogP contribution in [0.2, 0.25) is 0 Å². The van der Waals surface area contributed by atoms with Gasteiger partial charge in [0.05, 0.1) is 5.60 Å². The van der Waals surface area contributed by atoms with Gasteiger partial charge in [0.1, 0.15) is 18.2 Å². The Bertz CT molecular complexity index is 214. The molecule has 0 amide bonds. The number of hydrogen-bond donors (Lipinski definition) is 0. The van der Waals surface area contributed by atoms with E-state index < -0.39 is 5.60 Å². The Labute approximate surface area is 92.5 Å². The molecule has 0 aliphatic carbocycles. The lowest BCUT2D eigenvalue weighted by molar-refractivity contribution is -0.163. The lowest BCUT2D eigenvalue weighted by Crippen LogP contribution is -2.30. The van der Waals surface area contributed by atoms with Crippen molar-refractivity contribution in [1.29, 1.82) is 0 Å². The van der Waals surface area contributed by atoms with E-state index in [2.05, 4.69) is 0 Å². The minimum Gasteiger partial charge on any atom is -0.350 e. The first-order valence-electron chi connectivity index (χ1n) is 5.33. The first kappa shape index (κ1) is 14.6. The van der Waals surface area contributed by atoms with Crippen LogP contribution in [0.25, 0.3) is 0 Å². The molecule has 0 aromatic carbocycles. The van der Waals surface area contributed by atoms with Crippen LogP contribution in [0.15, 0.2) is 11.9 Å². The Morgan fingerprint density at radius 1 is 1.13 bits per heavy atom. The van der Waals surface area contributed by atoms with Gasteiger partial charge >= 0.3 is 0 Å². The highest BCUT2D eigenvalue weighted by Crippen LogP contribution is 2.23. The molecule has 0 spiro atoms. The summed E-state index contributed by atoms with van der Waals surface area (Å²) >= 11 is 0. The third-order valence-electron chi connectivity index (χ3n) is 1.87. The van der Waals surface area contributed by atoms with Gasteiger partial charge in [0.15, 0.2) is 0 Å². The van der Waals surface area contributed by atoms with Crippen molar-refractivity contribution in [3.63, 3.8) is 0 Å². The molecular weight excluding hydrogens is 195 g/mol. The van der Waals surface area contributed by atoms with Crippen molar-refractivity contribution < 1.29 is 13.9 Å². The Morgan fingerprint density at radius 2 is 1.67 bits per heavy atom. The van der Waals surface area contributed by atoms with E-state index in [-0.39, 0.29) is 18.2 Å². The summed E-state index contributed by atoms with van der Waals surface area (Å²) < 4.78 is 24.2. The second-order valence-electron chi connectivity index (χ2n) is 4.99. The van der Waals surface area contributed by atoms with Crippen molar-refractivity contribution in [1.82, 2.24) is 0 Å².